The maximum Gasteiger partial charge on any atom is 0.325 e. The molecule has 0 aromatic heterocycles. The van der Waals surface area contributed by atoms with Crippen molar-refractivity contribution in [1.82, 2.24) is 5.32 Å². The molecule has 21 heavy (non-hydrogen) atoms. The van der Waals surface area contributed by atoms with Crippen molar-refractivity contribution in [3.8, 4) is 0 Å². The number of nitrogens with one attached hydrogen (secondary N) is 1. The number of methoxy groups -OCH3 is 2. The molecule has 1 aliphatic carbocycles. The summed E-state index contributed by atoms with van der Waals surface area (Å²) in [4.78, 5) is 11.9. The summed E-state index contributed by atoms with van der Waals surface area (Å²) in [5.74, 6) is -0.221. The van der Waals surface area contributed by atoms with Gasteiger partial charge in [-0.25, -0.2) is 0 Å². The van der Waals surface area contributed by atoms with Crippen molar-refractivity contribution in [1.29, 1.82) is 0 Å². The van der Waals surface area contributed by atoms with Crippen LogP contribution in [-0.2, 0) is 23.7 Å². The van der Waals surface area contributed by atoms with Gasteiger partial charge in [0.1, 0.15) is 5.54 Å². The summed E-state index contributed by atoms with van der Waals surface area (Å²) >= 11 is 0. The van der Waals surface area contributed by atoms with Crippen LogP contribution in [0.4, 0.5) is 0 Å². The Hall–Kier alpha value is -0.690. The molecule has 0 amide bonds. The minimum Gasteiger partial charge on any atom is -0.468 e. The normalized spacial score (nSPS) is 17.5. The van der Waals surface area contributed by atoms with Crippen molar-refractivity contribution in [2.24, 2.45) is 0 Å². The van der Waals surface area contributed by atoms with E-state index in [-0.39, 0.29) is 5.97 Å². The summed E-state index contributed by atoms with van der Waals surface area (Å²) in [5, 5.41) is 3.35. The first-order valence-electron chi connectivity index (χ1n) is 7.63. The largest absolute Gasteiger partial charge is 0.468 e. The van der Waals surface area contributed by atoms with E-state index < -0.39 is 5.54 Å². The lowest BCUT2D eigenvalue weighted by atomic mass is 9.98. The minimum atomic E-state index is -0.648. The molecule has 0 spiro atoms. The summed E-state index contributed by atoms with van der Waals surface area (Å²) < 4.78 is 20.7. The van der Waals surface area contributed by atoms with Crippen LogP contribution in [0.1, 0.15) is 32.6 Å². The Balaban J connectivity index is 2.08. The summed E-state index contributed by atoms with van der Waals surface area (Å²) in [6.07, 6.45) is 3.72. The van der Waals surface area contributed by atoms with Crippen molar-refractivity contribution in [3.05, 3.63) is 0 Å². The molecule has 0 aromatic rings. The summed E-state index contributed by atoms with van der Waals surface area (Å²) in [6, 6.07) is 0.447. The van der Waals surface area contributed by atoms with Crippen LogP contribution >= 0.6 is 0 Å². The number of carbonyl (C=O) groups excluding carboxylic acids is 1. The second-order valence-electron chi connectivity index (χ2n) is 5.56. The van der Waals surface area contributed by atoms with Crippen LogP contribution in [0.15, 0.2) is 0 Å². The number of ether oxygens (including phenoxy) is 4. The van der Waals surface area contributed by atoms with E-state index in [4.69, 9.17) is 18.9 Å². The Morgan fingerprint density at radius 1 is 1.10 bits per heavy atom. The van der Waals surface area contributed by atoms with Gasteiger partial charge in [0.05, 0.1) is 20.3 Å². The van der Waals surface area contributed by atoms with Crippen LogP contribution in [-0.4, -0.2) is 64.8 Å². The third-order valence-electron chi connectivity index (χ3n) is 3.49. The molecule has 1 fully saturated rings. The average Bonchev–Trinajstić information content (AvgIpc) is 3.28. The molecule has 6 heteroatoms. The van der Waals surface area contributed by atoms with Crippen LogP contribution in [0, 0.1) is 0 Å². The maximum absolute atomic E-state index is 11.9. The Kier molecular flexibility index (Phi) is 8.84. The van der Waals surface area contributed by atoms with E-state index in [9.17, 15) is 4.79 Å². The molecule has 0 aromatic carbocycles. The maximum atomic E-state index is 11.9. The van der Waals surface area contributed by atoms with Gasteiger partial charge in [-0.05, 0) is 32.6 Å². The number of rotatable bonds is 13. The molecule has 0 radical (unpaired) electrons. The molecule has 124 valence electrons. The van der Waals surface area contributed by atoms with Gasteiger partial charge in [-0.15, -0.1) is 0 Å². The highest BCUT2D eigenvalue weighted by molar-refractivity contribution is 5.80. The Morgan fingerprint density at radius 3 is 2.33 bits per heavy atom. The van der Waals surface area contributed by atoms with Crippen molar-refractivity contribution in [2.45, 2.75) is 44.2 Å². The van der Waals surface area contributed by atoms with Gasteiger partial charge >= 0.3 is 5.97 Å². The second kappa shape index (κ2) is 10.1. The molecule has 0 saturated heterocycles. The number of esters is 1. The van der Waals surface area contributed by atoms with E-state index in [0.29, 0.717) is 45.5 Å². The molecule has 0 heterocycles. The fourth-order valence-electron chi connectivity index (χ4n) is 2.02. The lowest BCUT2D eigenvalue weighted by Gasteiger charge is -2.28. The first-order valence-corrected chi connectivity index (χ1v) is 7.63. The molecule has 1 rings (SSSR count). The lowest BCUT2D eigenvalue weighted by Crippen LogP contribution is -2.52. The van der Waals surface area contributed by atoms with Gasteiger partial charge in [-0.3, -0.25) is 10.1 Å². The molecule has 1 saturated carbocycles. The van der Waals surface area contributed by atoms with Crippen molar-refractivity contribution in [2.75, 3.05) is 47.3 Å². The topological polar surface area (TPSA) is 66.0 Å². The number of hydrogen-bond acceptors (Lipinski definition) is 6. The first-order chi connectivity index (χ1) is 10.1. The molecule has 1 N–H and O–H groups in total. The second-order valence-corrected chi connectivity index (χ2v) is 5.56. The van der Waals surface area contributed by atoms with Gasteiger partial charge in [-0.2, -0.15) is 0 Å². The van der Waals surface area contributed by atoms with E-state index in [2.05, 4.69) is 5.32 Å². The van der Waals surface area contributed by atoms with E-state index in [0.717, 1.165) is 19.3 Å². The number of hydrogen-bond donors (Lipinski definition) is 1. The monoisotopic (exact) mass is 303 g/mol. The summed E-state index contributed by atoms with van der Waals surface area (Å²) in [6.45, 7) is 4.94. The summed E-state index contributed by atoms with van der Waals surface area (Å²) in [7, 11) is 3.08. The van der Waals surface area contributed by atoms with Gasteiger partial charge in [0.25, 0.3) is 0 Å². The molecule has 1 unspecified atom stereocenters. The Bertz CT molecular complexity index is 296. The third kappa shape index (κ3) is 7.76. The Labute approximate surface area is 127 Å². The molecule has 0 bridgehead atoms. The van der Waals surface area contributed by atoms with Crippen molar-refractivity contribution < 1.29 is 23.7 Å². The van der Waals surface area contributed by atoms with Crippen molar-refractivity contribution >= 4 is 5.97 Å². The first kappa shape index (κ1) is 18.4. The number of carbonyl (C=O) groups is 1. The van der Waals surface area contributed by atoms with E-state index in [1.165, 1.54) is 7.11 Å². The molecular formula is C15H29NO5. The zero-order valence-electron chi connectivity index (χ0n) is 13.5. The molecule has 1 atom stereocenters. The standard InChI is InChI=1S/C15H29NO5/c1-15(14(17)19-3,16-13-5-6-13)7-10-20-8-4-9-21-12-11-18-2/h13,16H,4-12H2,1-3H3. The van der Waals surface area contributed by atoms with Crippen LogP contribution in [0.25, 0.3) is 0 Å². The lowest BCUT2D eigenvalue weighted by molar-refractivity contribution is -0.149. The predicted octanol–water partition coefficient (Wildman–Crippen LogP) is 1.13. The van der Waals surface area contributed by atoms with Gasteiger partial charge in [-0.1, -0.05) is 0 Å². The Morgan fingerprint density at radius 2 is 1.76 bits per heavy atom. The van der Waals surface area contributed by atoms with Gasteiger partial charge in [0.15, 0.2) is 0 Å². The van der Waals surface area contributed by atoms with Crippen LogP contribution < -0.4 is 5.32 Å². The molecular weight excluding hydrogens is 274 g/mol. The molecule has 0 aliphatic heterocycles. The molecule has 1 aliphatic rings. The zero-order valence-corrected chi connectivity index (χ0v) is 13.5. The molecule has 6 nitrogen and oxygen atoms in total. The van der Waals surface area contributed by atoms with Crippen LogP contribution in [0.2, 0.25) is 0 Å². The highest BCUT2D eigenvalue weighted by Gasteiger charge is 2.38. The predicted molar refractivity (Wildman–Crippen MR) is 79.3 cm³/mol. The summed E-state index contributed by atoms with van der Waals surface area (Å²) in [5.41, 5.74) is -0.648. The van der Waals surface area contributed by atoms with Crippen LogP contribution in [0.5, 0.6) is 0 Å². The minimum absolute atomic E-state index is 0.221. The quantitative estimate of drug-likeness (QED) is 0.406. The highest BCUT2D eigenvalue weighted by atomic mass is 16.5. The van der Waals surface area contributed by atoms with Gasteiger partial charge in [0, 0.05) is 33.0 Å². The van der Waals surface area contributed by atoms with Gasteiger partial charge in [0.2, 0.25) is 0 Å². The average molecular weight is 303 g/mol. The van der Waals surface area contributed by atoms with E-state index in [1.807, 2.05) is 6.92 Å². The van der Waals surface area contributed by atoms with Crippen molar-refractivity contribution in [3.63, 3.8) is 0 Å². The van der Waals surface area contributed by atoms with Crippen LogP contribution in [0.3, 0.4) is 0 Å². The smallest absolute Gasteiger partial charge is 0.325 e. The SMILES string of the molecule is COCCOCCCOCCC(C)(NC1CC1)C(=O)OC. The third-order valence-corrected chi connectivity index (χ3v) is 3.49. The van der Waals surface area contributed by atoms with E-state index in [1.54, 1.807) is 7.11 Å². The van der Waals surface area contributed by atoms with E-state index >= 15 is 0 Å². The fourth-order valence-corrected chi connectivity index (χ4v) is 2.02. The highest BCUT2D eigenvalue weighted by Crippen LogP contribution is 2.24. The fraction of sp³-hybridized carbons (Fsp3) is 0.933. The van der Waals surface area contributed by atoms with Gasteiger partial charge < -0.3 is 18.9 Å². The zero-order chi connectivity index (χ0) is 15.6.